The first-order valence-electron chi connectivity index (χ1n) is 6.60. The molecule has 0 aliphatic carbocycles. The topological polar surface area (TPSA) is 20.3 Å². The van der Waals surface area contributed by atoms with Crippen molar-refractivity contribution >= 4 is 29.4 Å². The summed E-state index contributed by atoms with van der Waals surface area (Å²) in [5.41, 5.74) is 1.41. The molecule has 2 rings (SSSR count). The fraction of sp³-hybridized carbons (Fsp3) is 0.500. The van der Waals surface area contributed by atoms with E-state index in [0.717, 1.165) is 22.0 Å². The molecule has 0 radical (unpaired) electrons. The van der Waals surface area contributed by atoms with E-state index in [1.54, 1.807) is 19.1 Å². The summed E-state index contributed by atoms with van der Waals surface area (Å²) >= 11 is 3.69. The zero-order valence-electron chi connectivity index (χ0n) is 11.5. The maximum absolute atomic E-state index is 12.4. The Hall–Kier alpha value is -0.820. The van der Waals surface area contributed by atoms with Gasteiger partial charge in [-0.2, -0.15) is 13.2 Å². The number of nitrogens with zero attached hydrogens (tertiary/aromatic N) is 1. The quantitative estimate of drug-likeness (QED) is 0.823. The van der Waals surface area contributed by atoms with Crippen LogP contribution in [0.1, 0.15) is 27.4 Å². The zero-order chi connectivity index (χ0) is 15.5. The van der Waals surface area contributed by atoms with E-state index in [9.17, 15) is 18.0 Å². The SMILES string of the molecule is CCN(CC(F)(F)F)C(=O)c1ccc(C2SCCS2)cc1. The second kappa shape index (κ2) is 6.96. The van der Waals surface area contributed by atoms with Gasteiger partial charge >= 0.3 is 6.18 Å². The largest absolute Gasteiger partial charge is 0.406 e. The van der Waals surface area contributed by atoms with Crippen molar-refractivity contribution in [1.29, 1.82) is 0 Å². The number of hydrogen-bond acceptors (Lipinski definition) is 3. The molecule has 1 aliphatic rings. The first-order valence-corrected chi connectivity index (χ1v) is 8.69. The van der Waals surface area contributed by atoms with Gasteiger partial charge in [0.25, 0.3) is 5.91 Å². The highest BCUT2D eigenvalue weighted by Gasteiger charge is 2.32. The fourth-order valence-corrected chi connectivity index (χ4v) is 4.92. The number of rotatable bonds is 4. The monoisotopic (exact) mass is 335 g/mol. The lowest BCUT2D eigenvalue weighted by Gasteiger charge is -2.22. The maximum atomic E-state index is 12.4. The van der Waals surface area contributed by atoms with Gasteiger partial charge in [-0.3, -0.25) is 4.79 Å². The predicted molar refractivity (Wildman–Crippen MR) is 81.7 cm³/mol. The Labute approximate surface area is 130 Å². The number of carbonyl (C=O) groups excluding carboxylic acids is 1. The second-order valence-electron chi connectivity index (χ2n) is 4.63. The number of carbonyl (C=O) groups is 1. The molecule has 21 heavy (non-hydrogen) atoms. The summed E-state index contributed by atoms with van der Waals surface area (Å²) in [6, 6.07) is 6.92. The minimum atomic E-state index is -4.37. The number of hydrogen-bond donors (Lipinski definition) is 0. The number of alkyl halides is 3. The van der Waals surface area contributed by atoms with Crippen molar-refractivity contribution in [1.82, 2.24) is 4.90 Å². The summed E-state index contributed by atoms with van der Waals surface area (Å²) in [5, 5.41) is 0. The third kappa shape index (κ3) is 4.57. The lowest BCUT2D eigenvalue weighted by Crippen LogP contribution is -2.38. The Morgan fingerprint density at radius 2 is 1.81 bits per heavy atom. The number of thioether (sulfide) groups is 2. The lowest BCUT2D eigenvalue weighted by atomic mass is 10.1. The molecule has 1 saturated heterocycles. The lowest BCUT2D eigenvalue weighted by molar-refractivity contribution is -0.140. The van der Waals surface area contributed by atoms with Gasteiger partial charge in [-0.15, -0.1) is 23.5 Å². The highest BCUT2D eigenvalue weighted by atomic mass is 32.2. The molecular weight excluding hydrogens is 319 g/mol. The Balaban J connectivity index is 2.07. The van der Waals surface area contributed by atoms with Crippen LogP contribution in [-0.4, -0.2) is 41.6 Å². The van der Waals surface area contributed by atoms with Crippen LogP contribution in [-0.2, 0) is 0 Å². The van der Waals surface area contributed by atoms with Crippen molar-refractivity contribution in [2.75, 3.05) is 24.6 Å². The molecule has 116 valence electrons. The van der Waals surface area contributed by atoms with Gasteiger partial charge in [0.15, 0.2) is 0 Å². The van der Waals surface area contributed by atoms with Crippen molar-refractivity contribution in [3.05, 3.63) is 35.4 Å². The summed E-state index contributed by atoms with van der Waals surface area (Å²) in [6.45, 7) is 0.372. The summed E-state index contributed by atoms with van der Waals surface area (Å²) in [5.74, 6) is 1.63. The molecule has 1 aromatic carbocycles. The van der Waals surface area contributed by atoms with Crippen molar-refractivity contribution in [3.8, 4) is 0 Å². The number of amides is 1. The molecular formula is C14H16F3NOS2. The van der Waals surface area contributed by atoms with E-state index >= 15 is 0 Å². The van der Waals surface area contributed by atoms with Crippen molar-refractivity contribution in [2.24, 2.45) is 0 Å². The first kappa shape index (κ1) is 16.5. The predicted octanol–water partition coefficient (Wildman–Crippen LogP) is 4.19. The van der Waals surface area contributed by atoms with E-state index in [0.29, 0.717) is 10.1 Å². The van der Waals surface area contributed by atoms with Gasteiger partial charge in [0.05, 0.1) is 4.58 Å². The van der Waals surface area contributed by atoms with Crippen molar-refractivity contribution in [3.63, 3.8) is 0 Å². The van der Waals surface area contributed by atoms with E-state index in [-0.39, 0.29) is 6.54 Å². The number of benzene rings is 1. The maximum Gasteiger partial charge on any atom is 0.406 e. The molecule has 1 aromatic rings. The van der Waals surface area contributed by atoms with Crippen LogP contribution in [0.25, 0.3) is 0 Å². The van der Waals surface area contributed by atoms with Crippen LogP contribution in [0.3, 0.4) is 0 Å². The third-order valence-electron chi connectivity index (χ3n) is 3.09. The molecule has 7 heteroatoms. The van der Waals surface area contributed by atoms with Crippen LogP contribution >= 0.6 is 23.5 Å². The summed E-state index contributed by atoms with van der Waals surface area (Å²) in [6.07, 6.45) is -4.37. The molecule has 2 nitrogen and oxygen atoms in total. The van der Waals surface area contributed by atoms with E-state index in [1.807, 2.05) is 35.7 Å². The minimum absolute atomic E-state index is 0.0361. The van der Waals surface area contributed by atoms with E-state index in [4.69, 9.17) is 0 Å². The van der Waals surface area contributed by atoms with Crippen LogP contribution in [0.4, 0.5) is 13.2 Å². The van der Waals surface area contributed by atoms with E-state index in [2.05, 4.69) is 0 Å². The average molecular weight is 335 g/mol. The van der Waals surface area contributed by atoms with Gasteiger partial charge in [-0.1, -0.05) is 12.1 Å². The van der Waals surface area contributed by atoms with Gasteiger partial charge in [-0.05, 0) is 24.6 Å². The highest BCUT2D eigenvalue weighted by molar-refractivity contribution is 8.19. The molecule has 0 atom stereocenters. The molecule has 1 fully saturated rings. The van der Waals surface area contributed by atoms with Gasteiger partial charge in [0.2, 0.25) is 0 Å². The first-order chi connectivity index (χ1) is 9.90. The summed E-state index contributed by atoms with van der Waals surface area (Å²) in [7, 11) is 0. The van der Waals surface area contributed by atoms with E-state index in [1.165, 1.54) is 0 Å². The standard InChI is InChI=1S/C14H16F3NOS2/c1-2-18(9-14(15,16)17)12(19)10-3-5-11(6-4-10)13-20-7-8-21-13/h3-6,13H,2,7-9H2,1H3. The average Bonchev–Trinajstić information content (AvgIpc) is 2.97. The fourth-order valence-electron chi connectivity index (χ4n) is 2.06. The Kier molecular flexibility index (Phi) is 5.48. The van der Waals surface area contributed by atoms with E-state index < -0.39 is 18.6 Å². The van der Waals surface area contributed by atoms with Crippen molar-refractivity contribution < 1.29 is 18.0 Å². The van der Waals surface area contributed by atoms with Crippen LogP contribution in [0.5, 0.6) is 0 Å². The Bertz CT molecular complexity index is 484. The summed E-state index contributed by atoms with van der Waals surface area (Å²) in [4.78, 5) is 12.9. The Morgan fingerprint density at radius 3 is 2.29 bits per heavy atom. The second-order valence-corrected chi connectivity index (χ2v) is 7.35. The minimum Gasteiger partial charge on any atom is -0.330 e. The smallest absolute Gasteiger partial charge is 0.330 e. The third-order valence-corrected chi connectivity index (χ3v) is 6.20. The van der Waals surface area contributed by atoms with Gasteiger partial charge in [0, 0.05) is 23.6 Å². The highest BCUT2D eigenvalue weighted by Crippen LogP contribution is 2.45. The molecule has 0 aromatic heterocycles. The van der Waals surface area contributed by atoms with Gasteiger partial charge < -0.3 is 4.90 Å². The molecule has 0 saturated carbocycles. The molecule has 0 unspecified atom stereocenters. The van der Waals surface area contributed by atoms with Crippen LogP contribution in [0.15, 0.2) is 24.3 Å². The molecule has 0 N–H and O–H groups in total. The summed E-state index contributed by atoms with van der Waals surface area (Å²) < 4.78 is 37.7. The zero-order valence-corrected chi connectivity index (χ0v) is 13.2. The van der Waals surface area contributed by atoms with Gasteiger partial charge in [0.1, 0.15) is 6.54 Å². The normalized spacial score (nSPS) is 16.2. The molecule has 1 aliphatic heterocycles. The number of halogens is 3. The Morgan fingerprint density at radius 1 is 1.24 bits per heavy atom. The molecule has 1 heterocycles. The van der Waals surface area contributed by atoms with Crippen LogP contribution in [0.2, 0.25) is 0 Å². The molecule has 1 amide bonds. The van der Waals surface area contributed by atoms with Gasteiger partial charge in [-0.25, -0.2) is 0 Å². The molecule has 0 bridgehead atoms. The molecule has 0 spiro atoms. The van der Waals surface area contributed by atoms with Crippen LogP contribution in [0, 0.1) is 0 Å². The van der Waals surface area contributed by atoms with Crippen LogP contribution < -0.4 is 0 Å². The van der Waals surface area contributed by atoms with Crippen molar-refractivity contribution in [2.45, 2.75) is 17.7 Å².